The first kappa shape index (κ1) is 31.6. The van der Waals surface area contributed by atoms with Crippen molar-refractivity contribution in [3.8, 4) is 0 Å². The molecule has 2 atom stereocenters. The highest BCUT2D eigenvalue weighted by atomic mass is 31.2. The van der Waals surface area contributed by atoms with Crippen molar-refractivity contribution in [3.63, 3.8) is 0 Å². The van der Waals surface area contributed by atoms with Crippen LogP contribution in [0.2, 0.25) is 0 Å². The topological polar surface area (TPSA) is 52.6 Å². The Labute approximate surface area is 234 Å². The largest absolute Gasteiger partial charge is 0.316 e. The number of rotatable bonds is 9. The van der Waals surface area contributed by atoms with E-state index in [1.165, 1.54) is 13.8 Å². The summed E-state index contributed by atoms with van der Waals surface area (Å²) in [7, 11) is -9.50. The third-order valence-corrected chi connectivity index (χ3v) is 11.1. The van der Waals surface area contributed by atoms with E-state index in [4.69, 9.17) is 9.05 Å². The first-order valence-corrected chi connectivity index (χ1v) is 15.3. The molecule has 0 saturated heterocycles. The van der Waals surface area contributed by atoms with Crippen molar-refractivity contribution < 1.29 is 53.3 Å². The van der Waals surface area contributed by atoms with Crippen LogP contribution in [0, 0.1) is 46.5 Å². The van der Waals surface area contributed by atoms with Gasteiger partial charge in [0.2, 0.25) is 0 Å². The summed E-state index contributed by atoms with van der Waals surface area (Å²) in [5.74, 6) is -9.49. The molecule has 0 unspecified atom stereocenters. The van der Waals surface area contributed by atoms with Crippen LogP contribution in [0.15, 0.2) is 72.8 Å². The summed E-state index contributed by atoms with van der Waals surface area (Å²) >= 11 is 0. The number of hydrogen-bond acceptors (Lipinski definition) is 4. The second-order valence-corrected chi connectivity index (χ2v) is 13.9. The lowest BCUT2D eigenvalue weighted by atomic mass is 10.3. The Kier molecular flexibility index (Phi) is 9.14. The summed E-state index contributed by atoms with van der Waals surface area (Å²) in [6.07, 6.45) is -3.00. The third-order valence-electron chi connectivity index (χ3n) is 6.04. The lowest BCUT2D eigenvalue weighted by molar-refractivity contribution is 0.0882. The van der Waals surface area contributed by atoms with Gasteiger partial charge in [0.25, 0.3) is 14.7 Å². The maximum absolute atomic E-state index is 14.2. The molecule has 0 aliphatic rings. The molecule has 4 aromatic rings. The molecule has 14 heteroatoms. The maximum Gasteiger partial charge on any atom is 0.262 e. The van der Waals surface area contributed by atoms with E-state index in [-0.39, 0.29) is 0 Å². The van der Waals surface area contributed by atoms with Gasteiger partial charge in [-0.15, -0.1) is 0 Å². The van der Waals surface area contributed by atoms with Gasteiger partial charge in [-0.2, -0.15) is 0 Å². The SMILES string of the molecule is C[C@@H](OP(=O)(c1cc(F)cc(F)c1)c1cc(F)cc(F)c1)[C@@H](C)OP(=O)(c1cc(F)cc(F)c1)c1cc(F)cc(F)c1. The molecular weight excluding hydrogens is 614 g/mol. The van der Waals surface area contributed by atoms with E-state index in [0.29, 0.717) is 72.8 Å². The van der Waals surface area contributed by atoms with Crippen molar-refractivity contribution in [2.24, 2.45) is 0 Å². The van der Waals surface area contributed by atoms with E-state index in [1.807, 2.05) is 0 Å². The fraction of sp³-hybridized carbons (Fsp3) is 0.143. The van der Waals surface area contributed by atoms with Gasteiger partial charge in [-0.3, -0.25) is 9.13 Å². The van der Waals surface area contributed by atoms with E-state index >= 15 is 0 Å². The van der Waals surface area contributed by atoms with Crippen LogP contribution in [-0.2, 0) is 18.2 Å². The molecule has 0 spiro atoms. The number of halogens is 8. The summed E-state index contributed by atoms with van der Waals surface area (Å²) in [4.78, 5) is 0. The minimum absolute atomic E-state index is 0.460. The zero-order valence-corrected chi connectivity index (χ0v) is 23.4. The van der Waals surface area contributed by atoms with E-state index < -0.39 is 94.7 Å². The average molecular weight is 634 g/mol. The van der Waals surface area contributed by atoms with Crippen molar-refractivity contribution in [2.75, 3.05) is 0 Å². The zero-order chi connectivity index (χ0) is 31.0. The van der Waals surface area contributed by atoms with E-state index in [1.54, 1.807) is 0 Å². The number of hydrogen-bond donors (Lipinski definition) is 0. The lowest BCUT2D eigenvalue weighted by Gasteiger charge is -2.30. The smallest absolute Gasteiger partial charge is 0.262 e. The van der Waals surface area contributed by atoms with Gasteiger partial charge in [0.1, 0.15) is 46.5 Å². The predicted octanol–water partition coefficient (Wildman–Crippen LogP) is 6.77. The Balaban J connectivity index is 1.79. The highest BCUT2D eigenvalue weighted by Gasteiger charge is 2.39. The average Bonchev–Trinajstić information content (AvgIpc) is 2.86. The minimum atomic E-state index is -4.75. The van der Waals surface area contributed by atoms with Crippen molar-refractivity contribution in [1.29, 1.82) is 0 Å². The molecule has 0 fully saturated rings. The Morgan fingerprint density at radius 2 is 0.571 bits per heavy atom. The van der Waals surface area contributed by atoms with Gasteiger partial charge in [-0.05, 0) is 62.4 Å². The summed E-state index contributed by atoms with van der Waals surface area (Å²) in [6, 6.07) is 6.85. The Morgan fingerprint density at radius 1 is 0.405 bits per heavy atom. The Hall–Kier alpha value is -3.30. The lowest BCUT2D eigenvalue weighted by Crippen LogP contribution is -2.32. The van der Waals surface area contributed by atoms with Crippen molar-refractivity contribution in [2.45, 2.75) is 26.1 Å². The first-order valence-electron chi connectivity index (χ1n) is 12.0. The molecule has 0 aromatic heterocycles. The van der Waals surface area contributed by atoms with Gasteiger partial charge >= 0.3 is 0 Å². The second-order valence-electron chi connectivity index (χ2n) is 9.23. The summed E-state index contributed by atoms with van der Waals surface area (Å²) in [6.45, 7) is 2.37. The fourth-order valence-electron chi connectivity index (χ4n) is 4.02. The molecular formula is C28H20F8O4P2. The molecule has 4 aromatic carbocycles. The Morgan fingerprint density at radius 3 is 0.738 bits per heavy atom. The minimum Gasteiger partial charge on any atom is -0.316 e. The molecule has 42 heavy (non-hydrogen) atoms. The van der Waals surface area contributed by atoms with Crippen LogP contribution in [0.4, 0.5) is 35.1 Å². The summed E-state index contributed by atoms with van der Waals surface area (Å²) in [5, 5.41) is -2.53. The van der Waals surface area contributed by atoms with Crippen molar-refractivity contribution >= 4 is 36.0 Å². The highest BCUT2D eigenvalue weighted by Crippen LogP contribution is 2.50. The monoisotopic (exact) mass is 634 g/mol. The van der Waals surface area contributed by atoms with Crippen LogP contribution in [0.3, 0.4) is 0 Å². The van der Waals surface area contributed by atoms with Gasteiger partial charge in [0.15, 0.2) is 0 Å². The zero-order valence-electron chi connectivity index (χ0n) is 21.6. The summed E-state index contributed by atoms with van der Waals surface area (Å²) < 4.78 is 153. The molecule has 0 radical (unpaired) electrons. The molecule has 0 saturated carbocycles. The van der Waals surface area contributed by atoms with Crippen LogP contribution in [0.5, 0.6) is 0 Å². The van der Waals surface area contributed by atoms with Crippen molar-refractivity contribution in [1.82, 2.24) is 0 Å². The van der Waals surface area contributed by atoms with E-state index in [9.17, 15) is 44.3 Å². The third kappa shape index (κ3) is 6.84. The highest BCUT2D eigenvalue weighted by molar-refractivity contribution is 7.74. The standard InChI is InChI=1S/C28H20F8O4P2/c1-15(39-41(37,25-7-17(29)3-18(30)8-25)26-9-19(31)4-20(32)10-26)16(2)40-42(38,27-11-21(33)5-22(34)12-27)28-13-23(35)6-24(36)14-28/h3-16H,1-2H3/t15-,16-/m1/s1. The number of benzene rings is 4. The molecule has 0 aliphatic carbocycles. The molecule has 4 rings (SSSR count). The van der Waals surface area contributed by atoms with Crippen LogP contribution in [-0.4, -0.2) is 12.2 Å². The predicted molar refractivity (Wildman–Crippen MR) is 140 cm³/mol. The fourth-order valence-corrected chi connectivity index (χ4v) is 8.73. The van der Waals surface area contributed by atoms with Crippen LogP contribution >= 0.6 is 14.7 Å². The van der Waals surface area contributed by atoms with Crippen LogP contribution in [0.25, 0.3) is 0 Å². The van der Waals surface area contributed by atoms with E-state index in [0.717, 1.165) is 0 Å². The molecule has 4 nitrogen and oxygen atoms in total. The van der Waals surface area contributed by atoms with E-state index in [2.05, 4.69) is 0 Å². The van der Waals surface area contributed by atoms with Gasteiger partial charge in [0, 0.05) is 45.5 Å². The molecule has 0 aliphatic heterocycles. The molecule has 0 bridgehead atoms. The van der Waals surface area contributed by atoms with Crippen molar-refractivity contribution in [3.05, 3.63) is 119 Å². The van der Waals surface area contributed by atoms with Gasteiger partial charge < -0.3 is 9.05 Å². The van der Waals surface area contributed by atoms with Crippen LogP contribution < -0.4 is 21.2 Å². The Bertz CT molecular complexity index is 1430. The molecule has 0 amide bonds. The van der Waals surface area contributed by atoms with Gasteiger partial charge in [-0.1, -0.05) is 0 Å². The quantitative estimate of drug-likeness (QED) is 0.151. The van der Waals surface area contributed by atoms with Crippen LogP contribution in [0.1, 0.15) is 13.8 Å². The van der Waals surface area contributed by atoms with Gasteiger partial charge in [0.05, 0.1) is 12.2 Å². The van der Waals surface area contributed by atoms with Gasteiger partial charge in [-0.25, -0.2) is 35.1 Å². The molecule has 0 heterocycles. The normalized spacial score (nSPS) is 13.7. The molecule has 0 N–H and O–H groups in total. The maximum atomic E-state index is 14.2. The first-order chi connectivity index (χ1) is 19.6. The second kappa shape index (κ2) is 12.1. The molecule has 222 valence electrons. The summed E-state index contributed by atoms with van der Waals surface area (Å²) in [5.41, 5.74) is 0.